The van der Waals surface area contributed by atoms with E-state index in [0.29, 0.717) is 18.5 Å². The van der Waals surface area contributed by atoms with Gasteiger partial charge in [-0.05, 0) is 52.0 Å². The molecule has 0 radical (unpaired) electrons. The number of amides is 1. The quantitative estimate of drug-likeness (QED) is 0.778. The Bertz CT molecular complexity index is 683. The number of halogens is 1. The molecule has 0 aliphatic heterocycles. The second-order valence-corrected chi connectivity index (χ2v) is 6.05. The number of carboxylic acid groups (broad SMARTS) is 1. The average molecular weight is 376 g/mol. The summed E-state index contributed by atoms with van der Waals surface area (Å²) in [4.78, 5) is 22.6. The van der Waals surface area contributed by atoms with Gasteiger partial charge in [-0.15, -0.1) is 0 Å². The molecule has 23 heavy (non-hydrogen) atoms. The Kier molecular flexibility index (Phi) is 6.35. The van der Waals surface area contributed by atoms with E-state index in [0.717, 1.165) is 22.0 Å². The number of rotatable bonds is 7. The lowest BCUT2D eigenvalue weighted by Crippen LogP contribution is -2.25. The third kappa shape index (κ3) is 5.53. The van der Waals surface area contributed by atoms with E-state index in [1.165, 1.54) is 0 Å². The second-order valence-electron chi connectivity index (χ2n) is 5.20. The predicted octanol–water partition coefficient (Wildman–Crippen LogP) is 3.44. The monoisotopic (exact) mass is 375 g/mol. The Balaban J connectivity index is 1.81. The van der Waals surface area contributed by atoms with Gasteiger partial charge in [0.1, 0.15) is 0 Å². The maximum absolute atomic E-state index is 12.1. The van der Waals surface area contributed by atoms with Crippen molar-refractivity contribution in [3.63, 3.8) is 0 Å². The fraction of sp³-hybridized carbons (Fsp3) is 0.222. The van der Waals surface area contributed by atoms with Crippen LogP contribution >= 0.6 is 15.9 Å². The Morgan fingerprint density at radius 3 is 2.17 bits per heavy atom. The highest BCUT2D eigenvalue weighted by atomic mass is 79.9. The normalized spacial score (nSPS) is 10.3. The number of aliphatic carboxylic acids is 1. The molecule has 0 aliphatic carbocycles. The molecule has 0 atom stereocenters. The fourth-order valence-electron chi connectivity index (χ4n) is 2.18. The number of hydrogen-bond acceptors (Lipinski definition) is 2. The Morgan fingerprint density at radius 1 is 0.957 bits per heavy atom. The molecular formula is C18H18BrNO3. The molecule has 0 spiro atoms. The molecule has 5 heteroatoms. The van der Waals surface area contributed by atoms with Crippen molar-refractivity contribution in [3.05, 3.63) is 69.7 Å². The highest BCUT2D eigenvalue weighted by molar-refractivity contribution is 9.10. The van der Waals surface area contributed by atoms with Crippen molar-refractivity contribution in [3.8, 4) is 0 Å². The van der Waals surface area contributed by atoms with Crippen LogP contribution in [0.15, 0.2) is 53.0 Å². The minimum Gasteiger partial charge on any atom is -0.481 e. The van der Waals surface area contributed by atoms with Crippen molar-refractivity contribution < 1.29 is 14.7 Å². The molecule has 2 N–H and O–H groups in total. The molecule has 0 saturated heterocycles. The molecule has 0 aliphatic rings. The van der Waals surface area contributed by atoms with Crippen LogP contribution in [-0.4, -0.2) is 23.5 Å². The first-order chi connectivity index (χ1) is 11.1. The Labute approximate surface area is 143 Å². The number of hydrogen-bond donors (Lipinski definition) is 2. The van der Waals surface area contributed by atoms with Gasteiger partial charge in [0.25, 0.3) is 5.91 Å². The molecule has 120 valence electrons. The van der Waals surface area contributed by atoms with Gasteiger partial charge in [-0.2, -0.15) is 0 Å². The molecule has 2 aromatic carbocycles. The maximum atomic E-state index is 12.1. The summed E-state index contributed by atoms with van der Waals surface area (Å²) in [7, 11) is 0. The second kappa shape index (κ2) is 8.48. The molecule has 0 unspecified atom stereocenters. The first-order valence-electron chi connectivity index (χ1n) is 7.38. The van der Waals surface area contributed by atoms with Crippen molar-refractivity contribution >= 4 is 27.8 Å². The van der Waals surface area contributed by atoms with Crippen LogP contribution in [0.3, 0.4) is 0 Å². The molecule has 2 rings (SSSR count). The van der Waals surface area contributed by atoms with E-state index in [1.54, 1.807) is 6.07 Å². The zero-order chi connectivity index (χ0) is 16.7. The zero-order valence-electron chi connectivity index (χ0n) is 12.6. The summed E-state index contributed by atoms with van der Waals surface area (Å²) in [5, 5.41) is 11.6. The van der Waals surface area contributed by atoms with Crippen molar-refractivity contribution in [2.45, 2.75) is 19.3 Å². The highest BCUT2D eigenvalue weighted by Crippen LogP contribution is 2.15. The predicted molar refractivity (Wildman–Crippen MR) is 92.6 cm³/mol. The van der Waals surface area contributed by atoms with Crippen molar-refractivity contribution in [1.29, 1.82) is 0 Å². The molecule has 0 fully saturated rings. The third-order valence-corrected chi connectivity index (χ3v) is 4.16. The van der Waals surface area contributed by atoms with Gasteiger partial charge in [0, 0.05) is 17.4 Å². The van der Waals surface area contributed by atoms with Crippen molar-refractivity contribution in [2.24, 2.45) is 0 Å². The van der Waals surface area contributed by atoms with E-state index >= 15 is 0 Å². The molecule has 0 aromatic heterocycles. The summed E-state index contributed by atoms with van der Waals surface area (Å²) < 4.78 is 0.778. The average Bonchev–Trinajstić information content (AvgIpc) is 2.54. The minimum atomic E-state index is -0.788. The lowest BCUT2D eigenvalue weighted by atomic mass is 10.1. The van der Waals surface area contributed by atoms with Crippen molar-refractivity contribution in [2.75, 3.05) is 6.54 Å². The lowest BCUT2D eigenvalue weighted by Gasteiger charge is -2.07. The van der Waals surface area contributed by atoms with Crippen LogP contribution in [0.4, 0.5) is 0 Å². The minimum absolute atomic E-state index is 0.101. The number of carboxylic acids is 1. The summed E-state index contributed by atoms with van der Waals surface area (Å²) in [6.45, 7) is 0.550. The number of benzene rings is 2. The molecule has 2 aromatic rings. The Hall–Kier alpha value is -2.14. The Morgan fingerprint density at radius 2 is 1.57 bits per heavy atom. The summed E-state index contributed by atoms with van der Waals surface area (Å²) >= 11 is 3.36. The standard InChI is InChI=1S/C18H18BrNO3/c19-16-4-2-1-3-15(16)18(23)20-12-11-14-7-5-13(6-8-14)9-10-17(21)22/h1-8H,9-12H2,(H,20,23)(H,21,22). The molecule has 4 nitrogen and oxygen atoms in total. The molecular weight excluding hydrogens is 358 g/mol. The summed E-state index contributed by atoms with van der Waals surface area (Å²) in [6, 6.07) is 15.1. The van der Waals surface area contributed by atoms with E-state index in [1.807, 2.05) is 42.5 Å². The largest absolute Gasteiger partial charge is 0.481 e. The van der Waals surface area contributed by atoms with Gasteiger partial charge >= 0.3 is 5.97 Å². The number of carbonyl (C=O) groups excluding carboxylic acids is 1. The zero-order valence-corrected chi connectivity index (χ0v) is 14.2. The van der Waals surface area contributed by atoms with Crippen LogP contribution in [0.2, 0.25) is 0 Å². The summed E-state index contributed by atoms with van der Waals surface area (Å²) in [5.74, 6) is -0.889. The topological polar surface area (TPSA) is 66.4 Å². The summed E-state index contributed by atoms with van der Waals surface area (Å²) in [5.41, 5.74) is 2.74. The van der Waals surface area contributed by atoms with Gasteiger partial charge in [-0.3, -0.25) is 9.59 Å². The van der Waals surface area contributed by atoms with Crippen LogP contribution in [0.25, 0.3) is 0 Å². The number of carbonyl (C=O) groups is 2. The third-order valence-electron chi connectivity index (χ3n) is 3.47. The number of aryl methyl sites for hydroxylation is 1. The van der Waals surface area contributed by atoms with E-state index in [2.05, 4.69) is 21.2 Å². The van der Waals surface area contributed by atoms with Crippen molar-refractivity contribution in [1.82, 2.24) is 5.32 Å². The van der Waals surface area contributed by atoms with E-state index in [-0.39, 0.29) is 12.3 Å². The molecule has 1 amide bonds. The molecule has 0 heterocycles. The van der Waals surface area contributed by atoms with Gasteiger partial charge in [0.05, 0.1) is 5.56 Å². The summed E-state index contributed by atoms with van der Waals surface area (Å²) in [6.07, 6.45) is 1.41. The SMILES string of the molecule is O=C(O)CCc1ccc(CCNC(=O)c2ccccc2Br)cc1. The van der Waals surface area contributed by atoms with Gasteiger partial charge in [-0.1, -0.05) is 36.4 Å². The van der Waals surface area contributed by atoms with E-state index in [9.17, 15) is 9.59 Å². The maximum Gasteiger partial charge on any atom is 0.303 e. The van der Waals surface area contributed by atoms with Crippen LogP contribution in [0, 0.1) is 0 Å². The fourth-order valence-corrected chi connectivity index (χ4v) is 2.65. The van der Waals surface area contributed by atoms with Gasteiger partial charge in [0.2, 0.25) is 0 Å². The first-order valence-corrected chi connectivity index (χ1v) is 8.18. The first kappa shape index (κ1) is 17.2. The van der Waals surface area contributed by atoms with Crippen LogP contribution < -0.4 is 5.32 Å². The smallest absolute Gasteiger partial charge is 0.303 e. The van der Waals surface area contributed by atoms with Crippen LogP contribution in [0.1, 0.15) is 27.9 Å². The van der Waals surface area contributed by atoms with Gasteiger partial charge < -0.3 is 10.4 Å². The van der Waals surface area contributed by atoms with E-state index in [4.69, 9.17) is 5.11 Å². The number of nitrogens with one attached hydrogen (secondary N) is 1. The van der Waals surface area contributed by atoms with Crippen LogP contribution in [0.5, 0.6) is 0 Å². The highest BCUT2D eigenvalue weighted by Gasteiger charge is 2.08. The molecule has 0 bridgehead atoms. The molecule has 0 saturated carbocycles. The van der Waals surface area contributed by atoms with Gasteiger partial charge in [-0.25, -0.2) is 0 Å². The van der Waals surface area contributed by atoms with Crippen LogP contribution in [-0.2, 0) is 17.6 Å². The van der Waals surface area contributed by atoms with Gasteiger partial charge in [0.15, 0.2) is 0 Å². The lowest BCUT2D eigenvalue weighted by molar-refractivity contribution is -0.136. The van der Waals surface area contributed by atoms with E-state index < -0.39 is 5.97 Å².